The highest BCUT2D eigenvalue weighted by Gasteiger charge is 2.48. The summed E-state index contributed by atoms with van der Waals surface area (Å²) in [5.41, 5.74) is -0.261. The van der Waals surface area contributed by atoms with E-state index >= 15 is 0 Å². The molecule has 2 rings (SSSR count). The summed E-state index contributed by atoms with van der Waals surface area (Å²) in [4.78, 5) is 27.2. The van der Waals surface area contributed by atoms with Gasteiger partial charge in [-0.15, -0.1) is 0 Å². The first-order chi connectivity index (χ1) is 9.89. The predicted octanol–water partition coefficient (Wildman–Crippen LogP) is 1.71. The van der Waals surface area contributed by atoms with Gasteiger partial charge in [0.15, 0.2) is 0 Å². The van der Waals surface area contributed by atoms with Gasteiger partial charge in [0.25, 0.3) is 0 Å². The lowest BCUT2D eigenvalue weighted by atomic mass is 9.85. The van der Waals surface area contributed by atoms with Crippen LogP contribution in [0.5, 0.6) is 0 Å². The van der Waals surface area contributed by atoms with Crippen molar-refractivity contribution in [2.24, 2.45) is 5.92 Å². The fraction of sp³-hybridized carbons (Fsp3) is 0.875. The number of piperazine rings is 1. The lowest BCUT2D eigenvalue weighted by Crippen LogP contribution is -2.69. The largest absolute Gasteiger partial charge is 0.381 e. The summed E-state index contributed by atoms with van der Waals surface area (Å²) in [5.74, 6) is 0.455. The molecule has 2 saturated heterocycles. The maximum absolute atomic E-state index is 13.0. The molecular weight excluding hydrogens is 268 g/mol. The number of carbonyl (C=O) groups excluding carboxylic acids is 2. The highest BCUT2D eigenvalue weighted by atomic mass is 16.5. The Morgan fingerprint density at radius 2 is 1.95 bits per heavy atom. The van der Waals surface area contributed by atoms with E-state index in [0.29, 0.717) is 32.0 Å². The maximum atomic E-state index is 13.0. The van der Waals surface area contributed by atoms with E-state index in [-0.39, 0.29) is 29.4 Å². The first-order valence-electron chi connectivity index (χ1n) is 8.10. The van der Waals surface area contributed by atoms with Gasteiger partial charge in [0, 0.05) is 18.8 Å². The van der Waals surface area contributed by atoms with Crippen LogP contribution in [0.15, 0.2) is 0 Å². The smallest absolute Gasteiger partial charge is 0.246 e. The van der Waals surface area contributed by atoms with Gasteiger partial charge < -0.3 is 15.0 Å². The summed E-state index contributed by atoms with van der Waals surface area (Å²) in [6.07, 6.45) is 2.96. The predicted molar refractivity (Wildman–Crippen MR) is 80.8 cm³/mol. The van der Waals surface area contributed by atoms with Crippen molar-refractivity contribution in [1.29, 1.82) is 0 Å². The topological polar surface area (TPSA) is 58.6 Å². The average molecular weight is 296 g/mol. The van der Waals surface area contributed by atoms with Crippen LogP contribution in [0.4, 0.5) is 0 Å². The molecule has 0 radical (unpaired) electrons. The number of carbonyl (C=O) groups is 2. The SMILES string of the molecule is CCC1C(=O)NC(CC(C)C)C(=O)N1C1(C)CCOCC1. The summed E-state index contributed by atoms with van der Waals surface area (Å²) in [7, 11) is 0. The summed E-state index contributed by atoms with van der Waals surface area (Å²) < 4.78 is 5.44. The van der Waals surface area contributed by atoms with Crippen LogP contribution >= 0.6 is 0 Å². The Labute approximate surface area is 127 Å². The molecule has 120 valence electrons. The third kappa shape index (κ3) is 3.23. The van der Waals surface area contributed by atoms with Gasteiger partial charge >= 0.3 is 0 Å². The number of ether oxygens (including phenoxy) is 1. The molecule has 2 fully saturated rings. The minimum atomic E-state index is -0.375. The van der Waals surface area contributed by atoms with Crippen molar-refractivity contribution >= 4 is 11.8 Å². The summed E-state index contributed by atoms with van der Waals surface area (Å²) in [6, 6.07) is -0.719. The molecule has 21 heavy (non-hydrogen) atoms. The molecule has 2 amide bonds. The lowest BCUT2D eigenvalue weighted by molar-refractivity contribution is -0.161. The Kier molecular flexibility index (Phi) is 4.91. The Bertz CT molecular complexity index is 402. The summed E-state index contributed by atoms with van der Waals surface area (Å²) in [6.45, 7) is 9.54. The van der Waals surface area contributed by atoms with E-state index in [1.165, 1.54) is 0 Å². The average Bonchev–Trinajstić information content (AvgIpc) is 2.42. The van der Waals surface area contributed by atoms with Gasteiger partial charge in [-0.1, -0.05) is 20.8 Å². The Morgan fingerprint density at radius 1 is 1.33 bits per heavy atom. The van der Waals surface area contributed by atoms with Crippen molar-refractivity contribution in [3.05, 3.63) is 0 Å². The van der Waals surface area contributed by atoms with Gasteiger partial charge in [0.1, 0.15) is 12.1 Å². The zero-order valence-corrected chi connectivity index (χ0v) is 13.6. The first-order valence-corrected chi connectivity index (χ1v) is 8.10. The minimum Gasteiger partial charge on any atom is -0.381 e. The van der Waals surface area contributed by atoms with Gasteiger partial charge in [-0.2, -0.15) is 0 Å². The molecule has 2 aliphatic rings. The molecule has 0 aromatic heterocycles. The van der Waals surface area contributed by atoms with Gasteiger partial charge in [0.05, 0.1) is 0 Å². The Balaban J connectivity index is 2.28. The first kappa shape index (κ1) is 16.3. The third-order valence-corrected chi connectivity index (χ3v) is 4.71. The summed E-state index contributed by atoms with van der Waals surface area (Å²) >= 11 is 0. The molecule has 2 aliphatic heterocycles. The van der Waals surface area contributed by atoms with Crippen LogP contribution in [0.1, 0.15) is 53.4 Å². The highest BCUT2D eigenvalue weighted by molar-refractivity contribution is 5.97. The Hall–Kier alpha value is -1.10. The quantitative estimate of drug-likeness (QED) is 0.859. The van der Waals surface area contributed by atoms with Crippen LogP contribution in [0, 0.1) is 5.92 Å². The normalized spacial score (nSPS) is 29.7. The second-order valence-corrected chi connectivity index (χ2v) is 6.93. The van der Waals surface area contributed by atoms with Crippen LogP contribution < -0.4 is 5.32 Å². The summed E-state index contributed by atoms with van der Waals surface area (Å²) in [5, 5.41) is 2.92. The van der Waals surface area contributed by atoms with Gasteiger partial charge in [-0.05, 0) is 38.5 Å². The minimum absolute atomic E-state index is 0.00420. The van der Waals surface area contributed by atoms with Crippen LogP contribution in [0.2, 0.25) is 0 Å². The molecule has 0 aliphatic carbocycles. The third-order valence-electron chi connectivity index (χ3n) is 4.71. The number of hydrogen-bond donors (Lipinski definition) is 1. The number of hydrogen-bond acceptors (Lipinski definition) is 3. The second kappa shape index (κ2) is 6.34. The van der Waals surface area contributed by atoms with E-state index < -0.39 is 0 Å². The zero-order valence-electron chi connectivity index (χ0n) is 13.6. The molecular formula is C16H28N2O3. The second-order valence-electron chi connectivity index (χ2n) is 6.93. The molecule has 2 atom stereocenters. The van der Waals surface area contributed by atoms with Crippen molar-refractivity contribution in [1.82, 2.24) is 10.2 Å². The molecule has 5 heteroatoms. The van der Waals surface area contributed by atoms with Gasteiger partial charge in [0.2, 0.25) is 11.8 Å². The lowest BCUT2D eigenvalue weighted by Gasteiger charge is -2.51. The fourth-order valence-corrected chi connectivity index (χ4v) is 3.46. The van der Waals surface area contributed by atoms with Gasteiger partial charge in [-0.25, -0.2) is 0 Å². The standard InChI is InChI=1S/C16H28N2O3/c1-5-13-14(19)17-12(10-11(2)3)15(20)18(13)16(4)6-8-21-9-7-16/h11-13H,5-10H2,1-4H3,(H,17,19). The van der Waals surface area contributed by atoms with Crippen LogP contribution in [0.3, 0.4) is 0 Å². The van der Waals surface area contributed by atoms with Crippen LogP contribution in [-0.2, 0) is 14.3 Å². The van der Waals surface area contributed by atoms with E-state index in [0.717, 1.165) is 12.8 Å². The van der Waals surface area contributed by atoms with E-state index in [9.17, 15) is 9.59 Å². The van der Waals surface area contributed by atoms with E-state index in [1.54, 1.807) is 0 Å². The molecule has 0 bridgehead atoms. The number of amides is 2. The monoisotopic (exact) mass is 296 g/mol. The number of nitrogens with zero attached hydrogens (tertiary/aromatic N) is 1. The number of rotatable bonds is 4. The molecule has 2 heterocycles. The molecule has 0 saturated carbocycles. The van der Waals surface area contributed by atoms with Crippen molar-refractivity contribution in [2.75, 3.05) is 13.2 Å². The molecule has 2 unspecified atom stereocenters. The Morgan fingerprint density at radius 3 is 2.48 bits per heavy atom. The number of nitrogens with one attached hydrogen (secondary N) is 1. The van der Waals surface area contributed by atoms with Crippen molar-refractivity contribution in [3.63, 3.8) is 0 Å². The fourth-order valence-electron chi connectivity index (χ4n) is 3.46. The highest BCUT2D eigenvalue weighted by Crippen LogP contribution is 2.33. The van der Waals surface area contributed by atoms with Crippen molar-refractivity contribution in [3.8, 4) is 0 Å². The maximum Gasteiger partial charge on any atom is 0.246 e. The van der Waals surface area contributed by atoms with Gasteiger partial charge in [-0.3, -0.25) is 9.59 Å². The van der Waals surface area contributed by atoms with Crippen molar-refractivity contribution < 1.29 is 14.3 Å². The van der Waals surface area contributed by atoms with Crippen molar-refractivity contribution in [2.45, 2.75) is 71.0 Å². The van der Waals surface area contributed by atoms with E-state index in [2.05, 4.69) is 26.1 Å². The molecule has 0 aromatic carbocycles. The molecule has 5 nitrogen and oxygen atoms in total. The molecule has 1 N–H and O–H groups in total. The van der Waals surface area contributed by atoms with E-state index in [4.69, 9.17) is 4.74 Å². The van der Waals surface area contributed by atoms with E-state index in [1.807, 2.05) is 11.8 Å². The zero-order chi connectivity index (χ0) is 15.6. The van der Waals surface area contributed by atoms with Crippen LogP contribution in [-0.4, -0.2) is 47.6 Å². The molecule has 0 spiro atoms. The van der Waals surface area contributed by atoms with Crippen LogP contribution in [0.25, 0.3) is 0 Å². The molecule has 0 aromatic rings.